The lowest BCUT2D eigenvalue weighted by Gasteiger charge is -2.22. The Kier molecular flexibility index (Phi) is 8.76. The maximum atomic E-state index is 13.7. The second-order valence-electron chi connectivity index (χ2n) is 9.84. The first-order valence-corrected chi connectivity index (χ1v) is 11.9. The minimum absolute atomic E-state index is 0.0205. The highest BCUT2D eigenvalue weighted by atomic mass is 19.2. The molecule has 37 heavy (non-hydrogen) atoms. The van der Waals surface area contributed by atoms with Crippen molar-refractivity contribution in [1.82, 2.24) is 5.32 Å². The Balaban J connectivity index is 1.82. The number of rotatable bonds is 9. The zero-order valence-electron chi connectivity index (χ0n) is 21.0. The molecule has 6 nitrogen and oxygen atoms in total. The zero-order chi connectivity index (χ0) is 27.2. The summed E-state index contributed by atoms with van der Waals surface area (Å²) in [6, 6.07) is 17.6. The zero-order valence-corrected chi connectivity index (χ0v) is 21.0. The van der Waals surface area contributed by atoms with E-state index in [0.717, 1.165) is 28.8 Å². The number of carboxylic acids is 1. The van der Waals surface area contributed by atoms with Gasteiger partial charge in [0.15, 0.2) is 11.6 Å². The molecule has 3 aromatic carbocycles. The summed E-state index contributed by atoms with van der Waals surface area (Å²) in [6.45, 7) is 6.30. The molecule has 0 spiro atoms. The number of carbonyl (C=O) groups excluding carboxylic acids is 2. The fourth-order valence-electron chi connectivity index (χ4n) is 3.79. The van der Waals surface area contributed by atoms with Gasteiger partial charge in [-0.15, -0.1) is 0 Å². The minimum atomic E-state index is -1.05. The lowest BCUT2D eigenvalue weighted by molar-refractivity contribution is -0.136. The van der Waals surface area contributed by atoms with E-state index < -0.39 is 29.4 Å². The summed E-state index contributed by atoms with van der Waals surface area (Å²) in [5.41, 5.74) is 3.09. The highest BCUT2D eigenvalue weighted by Gasteiger charge is 2.23. The van der Waals surface area contributed by atoms with Gasteiger partial charge in [0.2, 0.25) is 5.91 Å². The third kappa shape index (κ3) is 7.70. The van der Waals surface area contributed by atoms with Gasteiger partial charge < -0.3 is 15.7 Å². The Labute approximate surface area is 214 Å². The predicted molar refractivity (Wildman–Crippen MR) is 138 cm³/mol. The van der Waals surface area contributed by atoms with E-state index in [0.29, 0.717) is 12.0 Å². The summed E-state index contributed by atoms with van der Waals surface area (Å²) >= 11 is 0. The summed E-state index contributed by atoms with van der Waals surface area (Å²) in [6.07, 6.45) is 0.123. The molecule has 3 rings (SSSR count). The summed E-state index contributed by atoms with van der Waals surface area (Å²) in [7, 11) is 0. The SMILES string of the molecule is CC(C)(C)c1ccc(C(Cc2ccc(C(=O)NCCC(=O)O)cc2)C(=O)Nc2ccc(F)c(F)c2)cc1. The van der Waals surface area contributed by atoms with Crippen LogP contribution >= 0.6 is 0 Å². The largest absolute Gasteiger partial charge is 0.481 e. The van der Waals surface area contributed by atoms with Gasteiger partial charge in [0.1, 0.15) is 0 Å². The molecule has 8 heteroatoms. The van der Waals surface area contributed by atoms with E-state index in [1.54, 1.807) is 24.3 Å². The van der Waals surface area contributed by atoms with Gasteiger partial charge in [0, 0.05) is 23.9 Å². The monoisotopic (exact) mass is 508 g/mol. The molecule has 0 radical (unpaired) electrons. The molecule has 0 aliphatic heterocycles. The Morgan fingerprint density at radius 1 is 0.892 bits per heavy atom. The van der Waals surface area contributed by atoms with E-state index in [9.17, 15) is 23.2 Å². The van der Waals surface area contributed by atoms with Gasteiger partial charge in [-0.3, -0.25) is 14.4 Å². The van der Waals surface area contributed by atoms with Crippen LogP contribution in [0.1, 0.15) is 60.2 Å². The van der Waals surface area contributed by atoms with Crippen LogP contribution < -0.4 is 10.6 Å². The molecular formula is C29H30F2N2O4. The Morgan fingerprint density at radius 2 is 1.54 bits per heavy atom. The first-order chi connectivity index (χ1) is 17.4. The van der Waals surface area contributed by atoms with Gasteiger partial charge in [-0.25, -0.2) is 8.78 Å². The van der Waals surface area contributed by atoms with E-state index >= 15 is 0 Å². The number of hydrogen-bond acceptors (Lipinski definition) is 3. The van der Waals surface area contributed by atoms with Crippen molar-refractivity contribution in [2.75, 3.05) is 11.9 Å². The standard InChI is InChI=1S/C29H30F2N2O4/c1-29(2,3)21-10-8-19(9-11-21)23(28(37)33-22-12-13-24(30)25(31)17-22)16-18-4-6-20(7-5-18)27(36)32-15-14-26(34)35/h4-13,17,23H,14-16H2,1-3H3,(H,32,36)(H,33,37)(H,34,35). The molecule has 1 atom stereocenters. The third-order valence-corrected chi connectivity index (χ3v) is 5.96. The van der Waals surface area contributed by atoms with Gasteiger partial charge in [-0.2, -0.15) is 0 Å². The summed E-state index contributed by atoms with van der Waals surface area (Å²) in [4.78, 5) is 36.2. The van der Waals surface area contributed by atoms with Crippen molar-refractivity contribution in [2.24, 2.45) is 0 Å². The molecule has 194 valence electrons. The molecule has 3 aromatic rings. The van der Waals surface area contributed by atoms with Crippen LogP contribution in [0.25, 0.3) is 0 Å². The molecule has 0 saturated heterocycles. The number of carbonyl (C=O) groups is 3. The van der Waals surface area contributed by atoms with E-state index in [1.807, 2.05) is 24.3 Å². The van der Waals surface area contributed by atoms with Crippen molar-refractivity contribution < 1.29 is 28.3 Å². The second-order valence-corrected chi connectivity index (χ2v) is 9.84. The number of benzene rings is 3. The smallest absolute Gasteiger partial charge is 0.305 e. The quantitative estimate of drug-likeness (QED) is 0.359. The first-order valence-electron chi connectivity index (χ1n) is 11.9. The fraction of sp³-hybridized carbons (Fsp3) is 0.276. The summed E-state index contributed by atoms with van der Waals surface area (Å²) < 4.78 is 27.0. The number of carboxylic acid groups (broad SMARTS) is 1. The van der Waals surface area contributed by atoms with Crippen LogP contribution in [-0.4, -0.2) is 29.4 Å². The fourth-order valence-corrected chi connectivity index (χ4v) is 3.79. The minimum Gasteiger partial charge on any atom is -0.481 e. The number of nitrogens with one attached hydrogen (secondary N) is 2. The van der Waals surface area contributed by atoms with Gasteiger partial charge in [0.05, 0.1) is 12.3 Å². The highest BCUT2D eigenvalue weighted by molar-refractivity contribution is 5.96. The molecular weight excluding hydrogens is 478 g/mol. The van der Waals surface area contributed by atoms with Crippen molar-refractivity contribution in [3.05, 3.63) is 101 Å². The Bertz CT molecular complexity index is 1270. The summed E-state index contributed by atoms with van der Waals surface area (Å²) in [5, 5.41) is 13.9. The van der Waals surface area contributed by atoms with Crippen LogP contribution in [0, 0.1) is 11.6 Å². The van der Waals surface area contributed by atoms with Crippen molar-refractivity contribution >= 4 is 23.5 Å². The van der Waals surface area contributed by atoms with Crippen molar-refractivity contribution in [3.63, 3.8) is 0 Å². The van der Waals surface area contributed by atoms with Crippen LogP contribution in [0.5, 0.6) is 0 Å². The van der Waals surface area contributed by atoms with E-state index in [1.165, 1.54) is 6.07 Å². The maximum Gasteiger partial charge on any atom is 0.305 e. The van der Waals surface area contributed by atoms with E-state index in [-0.39, 0.29) is 30.0 Å². The van der Waals surface area contributed by atoms with Gasteiger partial charge >= 0.3 is 5.97 Å². The molecule has 0 aromatic heterocycles. The maximum absolute atomic E-state index is 13.7. The molecule has 0 fully saturated rings. The van der Waals surface area contributed by atoms with Crippen LogP contribution in [0.2, 0.25) is 0 Å². The summed E-state index contributed by atoms with van der Waals surface area (Å²) in [5.74, 6) is -4.47. The number of aliphatic carboxylic acids is 1. The van der Waals surface area contributed by atoms with Gasteiger partial charge in [-0.1, -0.05) is 57.2 Å². The molecule has 2 amide bonds. The van der Waals surface area contributed by atoms with Crippen LogP contribution in [0.3, 0.4) is 0 Å². The van der Waals surface area contributed by atoms with Crippen LogP contribution in [0.15, 0.2) is 66.7 Å². The van der Waals surface area contributed by atoms with Crippen LogP contribution in [0.4, 0.5) is 14.5 Å². The van der Waals surface area contributed by atoms with Crippen molar-refractivity contribution in [1.29, 1.82) is 0 Å². The molecule has 0 bridgehead atoms. The molecule has 0 aliphatic rings. The Hall–Kier alpha value is -4.07. The third-order valence-electron chi connectivity index (χ3n) is 5.96. The van der Waals surface area contributed by atoms with Gasteiger partial charge in [-0.05, 0) is 52.8 Å². The molecule has 0 aliphatic carbocycles. The van der Waals surface area contributed by atoms with Gasteiger partial charge in [0.25, 0.3) is 5.91 Å². The average Bonchev–Trinajstić information content (AvgIpc) is 2.84. The first kappa shape index (κ1) is 27.5. The lowest BCUT2D eigenvalue weighted by atomic mass is 9.84. The normalized spacial score (nSPS) is 12.0. The molecule has 0 saturated carbocycles. The van der Waals surface area contributed by atoms with Crippen molar-refractivity contribution in [2.45, 2.75) is 44.9 Å². The highest BCUT2D eigenvalue weighted by Crippen LogP contribution is 2.28. The number of anilines is 1. The van der Waals surface area contributed by atoms with E-state index in [2.05, 4.69) is 31.4 Å². The number of hydrogen-bond donors (Lipinski definition) is 3. The molecule has 3 N–H and O–H groups in total. The lowest BCUT2D eigenvalue weighted by Crippen LogP contribution is -2.26. The van der Waals surface area contributed by atoms with E-state index in [4.69, 9.17) is 5.11 Å². The Morgan fingerprint density at radius 3 is 2.11 bits per heavy atom. The molecule has 1 unspecified atom stereocenters. The average molecular weight is 509 g/mol. The van der Waals surface area contributed by atoms with Crippen LogP contribution in [-0.2, 0) is 21.4 Å². The second kappa shape index (κ2) is 11.8. The predicted octanol–water partition coefficient (Wildman–Crippen LogP) is 5.43. The number of halogens is 2. The molecule has 0 heterocycles. The topological polar surface area (TPSA) is 95.5 Å². The van der Waals surface area contributed by atoms with Crippen molar-refractivity contribution in [3.8, 4) is 0 Å². The number of amides is 2.